The van der Waals surface area contributed by atoms with Crippen LogP contribution in [0.1, 0.15) is 11.1 Å². The number of halogens is 2. The second kappa shape index (κ2) is 5.00. The number of hydrogen-bond donors (Lipinski definition) is 2. The molecule has 0 bridgehead atoms. The van der Waals surface area contributed by atoms with Gasteiger partial charge in [-0.2, -0.15) is 0 Å². The Morgan fingerprint density at radius 1 is 1.16 bits per heavy atom. The fraction of sp³-hybridized carbons (Fsp3) is 0.200. The summed E-state index contributed by atoms with van der Waals surface area (Å²) >= 11 is 1.95. The van der Waals surface area contributed by atoms with E-state index in [0.29, 0.717) is 21.0 Å². The van der Waals surface area contributed by atoms with Crippen LogP contribution in [0.3, 0.4) is 0 Å². The van der Waals surface area contributed by atoms with E-state index >= 15 is 0 Å². The van der Waals surface area contributed by atoms with Crippen molar-refractivity contribution < 1.29 is 4.39 Å². The molecule has 0 fully saturated rings. The number of rotatable bonds is 2. The van der Waals surface area contributed by atoms with Gasteiger partial charge in [-0.3, -0.25) is 0 Å². The van der Waals surface area contributed by atoms with Crippen LogP contribution in [0.2, 0.25) is 0 Å². The largest absolute Gasteiger partial charge is 0.397 e. The molecule has 0 aromatic heterocycles. The van der Waals surface area contributed by atoms with E-state index in [9.17, 15) is 4.39 Å². The number of nitrogens with two attached hydrogens (primary N) is 1. The van der Waals surface area contributed by atoms with E-state index in [4.69, 9.17) is 5.73 Å². The molecular formula is C15H14FIN2. The molecule has 0 saturated heterocycles. The number of nitrogens with one attached hydrogen (secondary N) is 1. The second-order valence-electron chi connectivity index (χ2n) is 4.87. The molecule has 0 unspecified atom stereocenters. The van der Waals surface area contributed by atoms with Crippen LogP contribution >= 0.6 is 22.6 Å². The number of anilines is 2. The van der Waals surface area contributed by atoms with Gasteiger partial charge < -0.3 is 11.1 Å². The highest BCUT2D eigenvalue weighted by Crippen LogP contribution is 2.28. The van der Waals surface area contributed by atoms with Crippen molar-refractivity contribution in [1.29, 1.82) is 0 Å². The van der Waals surface area contributed by atoms with E-state index < -0.39 is 0 Å². The number of fused-ring (bicyclic) bond motifs is 1. The SMILES string of the molecule is Nc1cc(I)c(F)cc1NC1Cc2ccccc2C1. The third-order valence-corrected chi connectivity index (χ3v) is 4.33. The molecule has 0 heterocycles. The Morgan fingerprint density at radius 2 is 1.79 bits per heavy atom. The summed E-state index contributed by atoms with van der Waals surface area (Å²) in [5.74, 6) is -0.229. The quantitative estimate of drug-likeness (QED) is 0.628. The van der Waals surface area contributed by atoms with Crippen LogP contribution < -0.4 is 11.1 Å². The van der Waals surface area contributed by atoms with Gasteiger partial charge in [0.05, 0.1) is 14.9 Å². The molecule has 4 heteroatoms. The van der Waals surface area contributed by atoms with Gasteiger partial charge >= 0.3 is 0 Å². The first kappa shape index (κ1) is 12.7. The first-order valence-corrected chi connectivity index (χ1v) is 7.29. The van der Waals surface area contributed by atoms with Crippen molar-refractivity contribution in [2.75, 3.05) is 11.1 Å². The van der Waals surface area contributed by atoms with Gasteiger partial charge in [-0.25, -0.2) is 4.39 Å². The molecule has 0 amide bonds. The van der Waals surface area contributed by atoms with Crippen molar-refractivity contribution in [3.63, 3.8) is 0 Å². The van der Waals surface area contributed by atoms with Gasteiger partial charge in [-0.15, -0.1) is 0 Å². The van der Waals surface area contributed by atoms with Crippen LogP contribution in [-0.2, 0) is 12.8 Å². The minimum absolute atomic E-state index is 0.229. The van der Waals surface area contributed by atoms with E-state index in [0.717, 1.165) is 12.8 Å². The molecule has 0 spiro atoms. The highest BCUT2D eigenvalue weighted by molar-refractivity contribution is 14.1. The number of nitrogen functional groups attached to an aromatic ring is 1. The monoisotopic (exact) mass is 368 g/mol. The summed E-state index contributed by atoms with van der Waals surface area (Å²) in [6.45, 7) is 0. The maximum Gasteiger partial charge on any atom is 0.138 e. The molecule has 1 aliphatic rings. The van der Waals surface area contributed by atoms with Crippen molar-refractivity contribution in [2.45, 2.75) is 18.9 Å². The Labute approximate surface area is 125 Å². The Bertz CT molecular complexity index is 603. The van der Waals surface area contributed by atoms with Crippen LogP contribution in [-0.4, -0.2) is 6.04 Å². The molecule has 2 aromatic carbocycles. The fourth-order valence-electron chi connectivity index (χ4n) is 2.57. The lowest BCUT2D eigenvalue weighted by Crippen LogP contribution is -2.20. The minimum Gasteiger partial charge on any atom is -0.397 e. The van der Waals surface area contributed by atoms with Gasteiger partial charge in [-0.05, 0) is 52.6 Å². The topological polar surface area (TPSA) is 38.0 Å². The summed E-state index contributed by atoms with van der Waals surface area (Å²) in [6.07, 6.45) is 1.92. The first-order valence-electron chi connectivity index (χ1n) is 6.21. The zero-order chi connectivity index (χ0) is 13.4. The van der Waals surface area contributed by atoms with Crippen molar-refractivity contribution in [1.82, 2.24) is 0 Å². The minimum atomic E-state index is -0.229. The Kier molecular flexibility index (Phi) is 3.35. The number of benzene rings is 2. The maximum atomic E-state index is 13.6. The van der Waals surface area contributed by atoms with Crippen LogP contribution in [0.25, 0.3) is 0 Å². The standard InChI is InChI=1S/C15H14FIN2/c16-12-7-15(14(18)8-13(12)17)19-11-5-9-3-1-2-4-10(9)6-11/h1-4,7-8,11,19H,5-6,18H2. The molecular weight excluding hydrogens is 354 g/mol. The summed E-state index contributed by atoms with van der Waals surface area (Å²) in [5.41, 5.74) is 9.96. The normalized spacial score (nSPS) is 14.4. The summed E-state index contributed by atoms with van der Waals surface area (Å²) in [6, 6.07) is 11.9. The van der Waals surface area contributed by atoms with Gasteiger partial charge in [0.2, 0.25) is 0 Å². The van der Waals surface area contributed by atoms with Gasteiger partial charge in [0.15, 0.2) is 0 Å². The van der Waals surface area contributed by atoms with Crippen molar-refractivity contribution in [3.05, 3.63) is 56.9 Å². The number of hydrogen-bond acceptors (Lipinski definition) is 2. The van der Waals surface area contributed by atoms with Gasteiger partial charge in [0.1, 0.15) is 5.82 Å². The Hall–Kier alpha value is -1.30. The molecule has 0 aliphatic heterocycles. The molecule has 0 radical (unpaired) electrons. The van der Waals surface area contributed by atoms with E-state index in [1.54, 1.807) is 6.07 Å². The van der Waals surface area contributed by atoms with Crippen LogP contribution in [0.4, 0.5) is 15.8 Å². The lowest BCUT2D eigenvalue weighted by atomic mass is 10.1. The highest BCUT2D eigenvalue weighted by Gasteiger charge is 2.21. The lowest BCUT2D eigenvalue weighted by molar-refractivity contribution is 0.620. The van der Waals surface area contributed by atoms with Crippen LogP contribution in [0.15, 0.2) is 36.4 Å². The Morgan fingerprint density at radius 3 is 2.42 bits per heavy atom. The highest BCUT2D eigenvalue weighted by atomic mass is 127. The fourth-order valence-corrected chi connectivity index (χ4v) is 3.06. The van der Waals surface area contributed by atoms with Gasteiger partial charge in [-0.1, -0.05) is 24.3 Å². The summed E-state index contributed by atoms with van der Waals surface area (Å²) in [4.78, 5) is 0. The molecule has 19 heavy (non-hydrogen) atoms. The van der Waals surface area contributed by atoms with Crippen molar-refractivity contribution in [3.8, 4) is 0 Å². The predicted octanol–water partition coefficient (Wildman–Crippen LogP) is 3.59. The average Bonchev–Trinajstić information content (AvgIpc) is 2.78. The van der Waals surface area contributed by atoms with Gasteiger partial charge in [0, 0.05) is 12.1 Å². The lowest BCUT2D eigenvalue weighted by Gasteiger charge is -2.16. The average molecular weight is 368 g/mol. The molecule has 3 N–H and O–H groups in total. The molecule has 2 nitrogen and oxygen atoms in total. The Balaban J connectivity index is 1.79. The third kappa shape index (κ3) is 2.54. The first-order chi connectivity index (χ1) is 9.13. The third-order valence-electron chi connectivity index (χ3n) is 3.50. The maximum absolute atomic E-state index is 13.6. The molecule has 1 aliphatic carbocycles. The van der Waals surface area contributed by atoms with Crippen LogP contribution in [0, 0.1) is 9.39 Å². The molecule has 3 rings (SSSR count). The zero-order valence-corrected chi connectivity index (χ0v) is 12.4. The smallest absolute Gasteiger partial charge is 0.138 e. The predicted molar refractivity (Wildman–Crippen MR) is 84.8 cm³/mol. The second-order valence-corrected chi connectivity index (χ2v) is 6.03. The van der Waals surface area contributed by atoms with E-state index in [1.165, 1.54) is 17.2 Å². The van der Waals surface area contributed by atoms with E-state index in [1.807, 2.05) is 22.6 Å². The molecule has 0 atom stereocenters. The van der Waals surface area contributed by atoms with Crippen molar-refractivity contribution in [2.24, 2.45) is 0 Å². The summed E-state index contributed by atoms with van der Waals surface area (Å²) in [7, 11) is 0. The van der Waals surface area contributed by atoms with Crippen molar-refractivity contribution >= 4 is 34.0 Å². The summed E-state index contributed by atoms with van der Waals surface area (Å²) in [5, 5.41) is 3.36. The van der Waals surface area contributed by atoms with Gasteiger partial charge in [0.25, 0.3) is 0 Å². The molecule has 2 aromatic rings. The van der Waals surface area contributed by atoms with E-state index in [-0.39, 0.29) is 5.82 Å². The molecule has 0 saturated carbocycles. The van der Waals surface area contributed by atoms with Crippen LogP contribution in [0.5, 0.6) is 0 Å². The summed E-state index contributed by atoms with van der Waals surface area (Å²) < 4.78 is 14.1. The van der Waals surface area contributed by atoms with E-state index in [2.05, 4.69) is 29.6 Å². The zero-order valence-electron chi connectivity index (χ0n) is 10.3. The molecule has 98 valence electrons.